The molecule has 0 N–H and O–H groups in total. The first-order chi connectivity index (χ1) is 11.1. The third kappa shape index (κ3) is 2.13. The fourth-order valence-corrected chi connectivity index (χ4v) is 3.91. The Morgan fingerprint density at radius 2 is 1.61 bits per heavy atom. The maximum Gasteiger partial charge on any atom is -0.00576 e. The zero-order chi connectivity index (χ0) is 16.1. The van der Waals surface area contributed by atoms with Gasteiger partial charge in [-0.2, -0.15) is 0 Å². The minimum absolute atomic E-state index is 1.08. The SMILES string of the molecule is CC1=CC(C)=C(C2=c3ccccc3=c3ccc(=C(C)C)cc32)C1. The lowest BCUT2D eigenvalue weighted by molar-refractivity contribution is 1.19. The second kappa shape index (κ2) is 5.09. The van der Waals surface area contributed by atoms with Crippen molar-refractivity contribution in [3.8, 4) is 0 Å². The smallest absolute Gasteiger partial charge is 0.00576 e. The van der Waals surface area contributed by atoms with E-state index >= 15 is 0 Å². The Labute approximate surface area is 137 Å². The van der Waals surface area contributed by atoms with Gasteiger partial charge in [0.1, 0.15) is 0 Å². The van der Waals surface area contributed by atoms with Crippen molar-refractivity contribution in [3.05, 3.63) is 91.7 Å². The summed E-state index contributed by atoms with van der Waals surface area (Å²) < 4.78 is 0. The molecule has 0 unspecified atom stereocenters. The van der Waals surface area contributed by atoms with Crippen LogP contribution >= 0.6 is 0 Å². The van der Waals surface area contributed by atoms with Crippen LogP contribution in [-0.2, 0) is 0 Å². The Kier molecular flexibility index (Phi) is 3.16. The van der Waals surface area contributed by atoms with Gasteiger partial charge >= 0.3 is 0 Å². The van der Waals surface area contributed by atoms with E-state index in [4.69, 9.17) is 0 Å². The molecule has 0 spiro atoms. The first-order valence-electron chi connectivity index (χ1n) is 8.35. The predicted molar refractivity (Wildman–Crippen MR) is 98.1 cm³/mol. The van der Waals surface area contributed by atoms with E-state index in [1.165, 1.54) is 54.3 Å². The minimum atomic E-state index is 1.08. The summed E-state index contributed by atoms with van der Waals surface area (Å²) in [5.41, 5.74) is 8.61. The van der Waals surface area contributed by atoms with Gasteiger partial charge in [0, 0.05) is 0 Å². The fourth-order valence-electron chi connectivity index (χ4n) is 3.91. The van der Waals surface area contributed by atoms with Crippen LogP contribution in [0.15, 0.2) is 65.3 Å². The lowest BCUT2D eigenvalue weighted by atomic mass is 9.93. The summed E-state index contributed by atoms with van der Waals surface area (Å²) in [6.07, 6.45) is 3.41. The number of hydrogen-bond acceptors (Lipinski definition) is 0. The van der Waals surface area contributed by atoms with Crippen LogP contribution in [0, 0.1) is 10.4 Å². The zero-order valence-corrected chi connectivity index (χ0v) is 14.3. The van der Waals surface area contributed by atoms with Crippen LogP contribution < -0.4 is 10.4 Å². The van der Waals surface area contributed by atoms with E-state index in [9.17, 15) is 0 Å². The van der Waals surface area contributed by atoms with Crippen molar-refractivity contribution in [2.24, 2.45) is 0 Å². The second-order valence-corrected chi connectivity index (χ2v) is 7.01. The summed E-state index contributed by atoms with van der Waals surface area (Å²) >= 11 is 0. The lowest BCUT2D eigenvalue weighted by Gasteiger charge is -2.10. The van der Waals surface area contributed by atoms with Gasteiger partial charge in [-0.1, -0.05) is 53.6 Å². The molecule has 2 aliphatic rings. The van der Waals surface area contributed by atoms with Gasteiger partial charge in [0.05, 0.1) is 0 Å². The lowest BCUT2D eigenvalue weighted by Crippen LogP contribution is -2.08. The summed E-state index contributed by atoms with van der Waals surface area (Å²) in [5.74, 6) is 0. The van der Waals surface area contributed by atoms with Gasteiger partial charge in [-0.05, 0) is 83.3 Å². The topological polar surface area (TPSA) is 0 Å². The molecule has 0 nitrogen and oxygen atoms in total. The molecule has 4 rings (SSSR count). The molecule has 0 aromatic heterocycles. The van der Waals surface area contributed by atoms with Crippen molar-refractivity contribution in [1.82, 2.24) is 0 Å². The summed E-state index contributed by atoms with van der Waals surface area (Å²) in [7, 11) is 0. The van der Waals surface area contributed by atoms with E-state index in [1.807, 2.05) is 0 Å². The van der Waals surface area contributed by atoms with Crippen LogP contribution in [0.25, 0.3) is 11.1 Å². The summed E-state index contributed by atoms with van der Waals surface area (Å²) in [6.45, 7) is 8.87. The van der Waals surface area contributed by atoms with E-state index in [-0.39, 0.29) is 0 Å². The molecular weight excluding hydrogens is 276 g/mol. The molecule has 114 valence electrons. The van der Waals surface area contributed by atoms with Crippen molar-refractivity contribution in [2.45, 2.75) is 34.1 Å². The highest BCUT2D eigenvalue weighted by Crippen LogP contribution is 2.35. The monoisotopic (exact) mass is 298 g/mol. The molecule has 0 fully saturated rings. The third-order valence-corrected chi connectivity index (χ3v) is 5.05. The molecule has 23 heavy (non-hydrogen) atoms. The first kappa shape index (κ1) is 14.3. The number of allylic oxidation sites excluding steroid dienone is 4. The Morgan fingerprint density at radius 1 is 0.870 bits per heavy atom. The highest BCUT2D eigenvalue weighted by molar-refractivity contribution is 5.84. The van der Waals surface area contributed by atoms with E-state index in [0.29, 0.717) is 0 Å². The van der Waals surface area contributed by atoms with Crippen molar-refractivity contribution in [3.63, 3.8) is 0 Å². The molecule has 0 saturated heterocycles. The molecule has 0 saturated carbocycles. The minimum Gasteiger partial charge on any atom is -0.0692 e. The maximum absolute atomic E-state index is 2.38. The number of rotatable bonds is 1. The predicted octanol–water partition coefficient (Wildman–Crippen LogP) is 4.34. The summed E-state index contributed by atoms with van der Waals surface area (Å²) in [5, 5.41) is 5.49. The standard InChI is InChI=1S/C23H22/c1-14(2)17-9-10-19-18-7-5-6-8-20(18)23(22(19)13-17)21-12-15(3)11-16(21)4/h5-11,13H,12H2,1-4H3. The Morgan fingerprint density at radius 3 is 2.26 bits per heavy atom. The maximum atomic E-state index is 2.38. The van der Waals surface area contributed by atoms with Crippen molar-refractivity contribution in [2.75, 3.05) is 0 Å². The molecule has 0 bridgehead atoms. The number of hydrogen-bond donors (Lipinski definition) is 0. The fraction of sp³-hybridized carbons (Fsp3) is 0.217. The van der Waals surface area contributed by atoms with Crippen molar-refractivity contribution >= 4 is 11.1 Å². The molecule has 0 atom stereocenters. The molecular formula is C23H22. The quantitative estimate of drug-likeness (QED) is 0.734. The highest BCUT2D eigenvalue weighted by Gasteiger charge is 2.20. The average molecular weight is 298 g/mol. The van der Waals surface area contributed by atoms with E-state index in [1.54, 1.807) is 0 Å². The van der Waals surface area contributed by atoms with E-state index in [0.717, 1.165) is 6.42 Å². The van der Waals surface area contributed by atoms with Crippen LogP contribution in [0.4, 0.5) is 0 Å². The molecule has 2 aromatic carbocycles. The van der Waals surface area contributed by atoms with Gasteiger partial charge in [0.25, 0.3) is 0 Å². The number of fused-ring (bicyclic) bond motifs is 2. The second-order valence-electron chi connectivity index (χ2n) is 7.01. The molecule has 2 aromatic rings. The third-order valence-electron chi connectivity index (χ3n) is 5.05. The van der Waals surface area contributed by atoms with Gasteiger partial charge in [-0.15, -0.1) is 0 Å². The molecule has 0 heterocycles. The van der Waals surface area contributed by atoms with E-state index < -0.39 is 0 Å². The van der Waals surface area contributed by atoms with Gasteiger partial charge in [-0.3, -0.25) is 0 Å². The van der Waals surface area contributed by atoms with Gasteiger partial charge in [0.2, 0.25) is 0 Å². The molecule has 2 aliphatic carbocycles. The van der Waals surface area contributed by atoms with Gasteiger partial charge in [0.15, 0.2) is 0 Å². The molecule has 0 amide bonds. The van der Waals surface area contributed by atoms with Crippen molar-refractivity contribution < 1.29 is 0 Å². The van der Waals surface area contributed by atoms with Crippen LogP contribution in [0.5, 0.6) is 0 Å². The molecule has 0 heteroatoms. The van der Waals surface area contributed by atoms with Gasteiger partial charge < -0.3 is 0 Å². The number of benzene rings is 2. The summed E-state index contributed by atoms with van der Waals surface area (Å²) in [4.78, 5) is 0. The van der Waals surface area contributed by atoms with Crippen LogP contribution in [0.1, 0.15) is 39.7 Å². The highest BCUT2D eigenvalue weighted by atomic mass is 14.2. The van der Waals surface area contributed by atoms with Gasteiger partial charge in [-0.25, -0.2) is 0 Å². The van der Waals surface area contributed by atoms with Crippen LogP contribution in [-0.4, -0.2) is 0 Å². The van der Waals surface area contributed by atoms with Crippen LogP contribution in [0.2, 0.25) is 0 Å². The van der Waals surface area contributed by atoms with Crippen LogP contribution in [0.3, 0.4) is 0 Å². The first-order valence-corrected chi connectivity index (χ1v) is 8.35. The molecule has 0 aliphatic heterocycles. The molecule has 0 radical (unpaired) electrons. The average Bonchev–Trinajstić information content (AvgIpc) is 3.03. The van der Waals surface area contributed by atoms with Crippen molar-refractivity contribution in [1.29, 1.82) is 0 Å². The Hall–Kier alpha value is -2.34. The largest absolute Gasteiger partial charge is 0.0692 e. The zero-order valence-electron chi connectivity index (χ0n) is 14.3. The summed E-state index contributed by atoms with van der Waals surface area (Å²) in [6, 6.07) is 15.8. The Bertz CT molecular complexity index is 1100. The van der Waals surface area contributed by atoms with E-state index in [2.05, 4.69) is 76.2 Å². The Balaban J connectivity index is 2.14. The normalized spacial score (nSPS) is 15.7.